The molecule has 0 saturated heterocycles. The zero-order valence-corrected chi connectivity index (χ0v) is 11.1. The molecule has 0 heterocycles. The van der Waals surface area contributed by atoms with E-state index in [1.165, 1.54) is 14.0 Å². The highest BCUT2D eigenvalue weighted by atomic mass is 16.5. The number of anilines is 1. The fraction of sp³-hybridized carbons (Fsp3) is 0.308. The van der Waals surface area contributed by atoms with E-state index < -0.39 is 11.9 Å². The minimum atomic E-state index is -0.509. The number of nitrogens with zero attached hydrogens (tertiary/aromatic N) is 1. The molecule has 1 aromatic rings. The van der Waals surface area contributed by atoms with Gasteiger partial charge in [0.25, 0.3) is 0 Å². The Morgan fingerprint density at radius 1 is 1.32 bits per heavy atom. The summed E-state index contributed by atoms with van der Waals surface area (Å²) < 4.78 is 9.44. The van der Waals surface area contributed by atoms with Crippen molar-refractivity contribution in [3.05, 3.63) is 29.8 Å². The maximum atomic E-state index is 11.5. The number of hydrogen-bond donors (Lipinski definition) is 1. The van der Waals surface area contributed by atoms with Crippen molar-refractivity contribution in [2.24, 2.45) is 5.10 Å². The zero-order chi connectivity index (χ0) is 14.3. The highest BCUT2D eigenvalue weighted by Crippen LogP contribution is 2.15. The van der Waals surface area contributed by atoms with Gasteiger partial charge in [-0.1, -0.05) is 12.1 Å². The molecule has 19 heavy (non-hydrogen) atoms. The van der Waals surface area contributed by atoms with E-state index in [-0.39, 0.29) is 12.3 Å². The monoisotopic (exact) mass is 264 g/mol. The highest BCUT2D eigenvalue weighted by Gasteiger charge is 2.11. The topological polar surface area (TPSA) is 77.0 Å². The van der Waals surface area contributed by atoms with Crippen LogP contribution in [0.5, 0.6) is 0 Å². The van der Waals surface area contributed by atoms with Gasteiger partial charge in [0.05, 0.1) is 25.0 Å². The molecule has 0 radical (unpaired) electrons. The van der Waals surface area contributed by atoms with E-state index >= 15 is 0 Å². The normalized spacial score (nSPS) is 10.8. The lowest BCUT2D eigenvalue weighted by molar-refractivity contribution is -0.135. The van der Waals surface area contributed by atoms with Gasteiger partial charge in [0.1, 0.15) is 5.71 Å². The lowest BCUT2D eigenvalue weighted by atomic mass is 10.2. The van der Waals surface area contributed by atoms with Crippen molar-refractivity contribution in [1.29, 1.82) is 0 Å². The summed E-state index contributed by atoms with van der Waals surface area (Å²) in [5.74, 6) is -0.988. The van der Waals surface area contributed by atoms with Crippen molar-refractivity contribution in [2.75, 3.05) is 19.1 Å². The second kappa shape index (κ2) is 7.15. The number of nitrogens with one attached hydrogen (secondary N) is 1. The molecule has 6 heteroatoms. The van der Waals surface area contributed by atoms with Crippen molar-refractivity contribution in [3.63, 3.8) is 0 Å². The first-order valence-electron chi connectivity index (χ1n) is 5.75. The molecule has 1 N–H and O–H groups in total. The first kappa shape index (κ1) is 14.7. The van der Waals surface area contributed by atoms with Gasteiger partial charge in [0.15, 0.2) is 0 Å². The van der Waals surface area contributed by atoms with Gasteiger partial charge in [0, 0.05) is 0 Å². The predicted molar refractivity (Wildman–Crippen MR) is 71.1 cm³/mol. The zero-order valence-electron chi connectivity index (χ0n) is 11.1. The van der Waals surface area contributed by atoms with Gasteiger partial charge in [-0.15, -0.1) is 0 Å². The summed E-state index contributed by atoms with van der Waals surface area (Å²) in [4.78, 5) is 22.9. The SMILES string of the molecule is CCOC(=O)/C(C)=N/Nc1ccccc1C(=O)OC. The van der Waals surface area contributed by atoms with Gasteiger partial charge in [-0.25, -0.2) is 9.59 Å². The molecular formula is C13H16N2O4. The van der Waals surface area contributed by atoms with Crippen LogP contribution < -0.4 is 5.43 Å². The molecule has 1 rings (SSSR count). The van der Waals surface area contributed by atoms with Gasteiger partial charge in [-0.05, 0) is 26.0 Å². The molecule has 1 aromatic carbocycles. The number of hydrazone groups is 1. The van der Waals surface area contributed by atoms with Crippen molar-refractivity contribution in [3.8, 4) is 0 Å². The first-order valence-corrected chi connectivity index (χ1v) is 5.75. The number of para-hydroxylation sites is 1. The summed E-state index contributed by atoms with van der Waals surface area (Å²) in [6.45, 7) is 3.52. The average molecular weight is 264 g/mol. The molecule has 102 valence electrons. The lowest BCUT2D eigenvalue weighted by Gasteiger charge is -2.07. The van der Waals surface area contributed by atoms with Gasteiger partial charge < -0.3 is 9.47 Å². The van der Waals surface area contributed by atoms with Crippen LogP contribution in [-0.4, -0.2) is 31.4 Å². The number of ether oxygens (including phenoxy) is 2. The third-order valence-electron chi connectivity index (χ3n) is 2.25. The molecule has 0 saturated carbocycles. The molecule has 0 aliphatic rings. The molecular weight excluding hydrogens is 248 g/mol. The minimum absolute atomic E-state index is 0.168. The smallest absolute Gasteiger partial charge is 0.354 e. The van der Waals surface area contributed by atoms with Crippen LogP contribution in [0.25, 0.3) is 0 Å². The molecule has 0 amide bonds. The summed E-state index contributed by atoms with van der Waals surface area (Å²) in [5.41, 5.74) is 3.62. The fourth-order valence-corrected chi connectivity index (χ4v) is 1.29. The van der Waals surface area contributed by atoms with Crippen LogP contribution in [-0.2, 0) is 14.3 Å². The van der Waals surface area contributed by atoms with Crippen molar-refractivity contribution >= 4 is 23.3 Å². The van der Waals surface area contributed by atoms with Gasteiger partial charge in [-0.3, -0.25) is 5.43 Å². The number of methoxy groups -OCH3 is 1. The molecule has 0 fully saturated rings. The van der Waals surface area contributed by atoms with Crippen LogP contribution in [0.15, 0.2) is 29.4 Å². The quantitative estimate of drug-likeness (QED) is 0.498. The van der Waals surface area contributed by atoms with Gasteiger partial charge >= 0.3 is 11.9 Å². The molecule has 0 aliphatic heterocycles. The van der Waals surface area contributed by atoms with Crippen LogP contribution in [0.4, 0.5) is 5.69 Å². The highest BCUT2D eigenvalue weighted by molar-refractivity contribution is 6.35. The molecule has 0 bridgehead atoms. The van der Waals surface area contributed by atoms with E-state index in [9.17, 15) is 9.59 Å². The molecule has 0 atom stereocenters. The number of carbonyl (C=O) groups excluding carboxylic acids is 2. The van der Waals surface area contributed by atoms with E-state index in [1.807, 2.05) is 0 Å². The van der Waals surface area contributed by atoms with Crippen molar-refractivity contribution < 1.29 is 19.1 Å². The Bertz CT molecular complexity index is 497. The van der Waals surface area contributed by atoms with E-state index in [2.05, 4.69) is 15.3 Å². The number of rotatable bonds is 5. The van der Waals surface area contributed by atoms with E-state index in [0.29, 0.717) is 11.3 Å². The predicted octanol–water partition coefficient (Wildman–Crippen LogP) is 1.82. The van der Waals surface area contributed by atoms with Gasteiger partial charge in [-0.2, -0.15) is 5.10 Å². The lowest BCUT2D eigenvalue weighted by Crippen LogP contribution is -2.16. The van der Waals surface area contributed by atoms with Crippen LogP contribution in [0.1, 0.15) is 24.2 Å². The Kier molecular flexibility index (Phi) is 5.53. The Balaban J connectivity index is 2.86. The molecule has 0 unspecified atom stereocenters. The number of carbonyl (C=O) groups is 2. The summed E-state index contributed by atoms with van der Waals surface area (Å²) in [6.07, 6.45) is 0. The number of hydrogen-bond acceptors (Lipinski definition) is 6. The molecule has 0 aliphatic carbocycles. The van der Waals surface area contributed by atoms with Crippen LogP contribution in [0.3, 0.4) is 0 Å². The fourth-order valence-electron chi connectivity index (χ4n) is 1.29. The van der Waals surface area contributed by atoms with Crippen LogP contribution in [0.2, 0.25) is 0 Å². The summed E-state index contributed by atoms with van der Waals surface area (Å²) in [6, 6.07) is 6.71. The Morgan fingerprint density at radius 3 is 2.63 bits per heavy atom. The Hall–Kier alpha value is -2.37. The number of benzene rings is 1. The Labute approximate surface area is 111 Å². The summed E-state index contributed by atoms with van der Waals surface area (Å²) in [7, 11) is 1.30. The second-order valence-corrected chi connectivity index (χ2v) is 3.57. The van der Waals surface area contributed by atoms with Crippen molar-refractivity contribution in [2.45, 2.75) is 13.8 Å². The maximum absolute atomic E-state index is 11.5. The largest absolute Gasteiger partial charge is 0.465 e. The summed E-state index contributed by atoms with van der Waals surface area (Å²) >= 11 is 0. The third-order valence-corrected chi connectivity index (χ3v) is 2.25. The van der Waals surface area contributed by atoms with E-state index in [0.717, 1.165) is 0 Å². The Morgan fingerprint density at radius 2 is 2.00 bits per heavy atom. The van der Waals surface area contributed by atoms with Crippen LogP contribution in [0, 0.1) is 0 Å². The van der Waals surface area contributed by atoms with E-state index in [1.54, 1.807) is 31.2 Å². The standard InChI is InChI=1S/C13H16N2O4/c1-4-19-12(16)9(2)14-15-11-8-6-5-7-10(11)13(17)18-3/h5-8,15H,4H2,1-3H3/b14-9+. The average Bonchev–Trinajstić information content (AvgIpc) is 2.44. The third kappa shape index (κ3) is 4.09. The molecule has 6 nitrogen and oxygen atoms in total. The summed E-state index contributed by atoms with van der Waals surface area (Å²) in [5, 5.41) is 3.87. The second-order valence-electron chi connectivity index (χ2n) is 3.57. The van der Waals surface area contributed by atoms with E-state index in [4.69, 9.17) is 4.74 Å². The first-order chi connectivity index (χ1) is 9.10. The van der Waals surface area contributed by atoms with Gasteiger partial charge in [0.2, 0.25) is 0 Å². The molecule has 0 aromatic heterocycles. The van der Waals surface area contributed by atoms with Crippen molar-refractivity contribution in [1.82, 2.24) is 0 Å². The maximum Gasteiger partial charge on any atom is 0.354 e. The molecule has 0 spiro atoms. The van der Waals surface area contributed by atoms with Crippen LogP contribution >= 0.6 is 0 Å². The number of esters is 2. The minimum Gasteiger partial charge on any atom is -0.465 e.